The summed E-state index contributed by atoms with van der Waals surface area (Å²) in [6.07, 6.45) is 2.06. The van der Waals surface area contributed by atoms with Crippen LogP contribution in [0.1, 0.15) is 12.8 Å². The Labute approximate surface area is 183 Å². The van der Waals surface area contributed by atoms with E-state index in [4.69, 9.17) is 14.2 Å². The minimum atomic E-state index is -0.412. The van der Waals surface area contributed by atoms with Crippen molar-refractivity contribution < 1.29 is 19.1 Å². The van der Waals surface area contributed by atoms with Gasteiger partial charge in [-0.3, -0.25) is 10.1 Å². The highest BCUT2D eigenvalue weighted by atomic mass is 32.1. The fraction of sp³-hybridized carbons (Fsp3) is 0.318. The van der Waals surface area contributed by atoms with Crippen LogP contribution in [0.5, 0.6) is 11.5 Å². The lowest BCUT2D eigenvalue weighted by Gasteiger charge is -2.16. The van der Waals surface area contributed by atoms with Gasteiger partial charge in [-0.1, -0.05) is 12.1 Å². The first kappa shape index (κ1) is 21.1. The Kier molecular flexibility index (Phi) is 6.34. The minimum absolute atomic E-state index is 0.0249. The summed E-state index contributed by atoms with van der Waals surface area (Å²) in [5.74, 6) is 1.38. The second-order valence-electron chi connectivity index (χ2n) is 7.07. The van der Waals surface area contributed by atoms with Crippen molar-refractivity contribution in [1.82, 2.24) is 4.57 Å². The number of ether oxygens (including phenoxy) is 3. The zero-order valence-electron chi connectivity index (χ0n) is 17.3. The average molecular weight is 442 g/mol. The fourth-order valence-corrected chi connectivity index (χ4v) is 4.55. The Morgan fingerprint density at radius 1 is 1.26 bits per heavy atom. The summed E-state index contributed by atoms with van der Waals surface area (Å²) in [7, 11) is 3.23. The van der Waals surface area contributed by atoms with Gasteiger partial charge >= 0.3 is 0 Å². The van der Waals surface area contributed by atoms with E-state index in [0.717, 1.165) is 30.7 Å². The molecule has 1 unspecified atom stereocenters. The summed E-state index contributed by atoms with van der Waals surface area (Å²) in [6, 6.07) is 12.2. The Hall–Kier alpha value is -3.17. The number of hydrogen-bond donors (Lipinski definition) is 0. The molecule has 4 rings (SSSR count). The molecule has 1 aliphatic rings. The maximum atomic E-state index is 11.4. The van der Waals surface area contributed by atoms with Gasteiger partial charge in [0, 0.05) is 29.7 Å². The molecular weight excluding hydrogens is 418 g/mol. The molecule has 1 aromatic heterocycles. The number of nitrogens with zero attached hydrogens (tertiary/aromatic N) is 3. The third kappa shape index (κ3) is 4.47. The number of hydrogen-bond acceptors (Lipinski definition) is 7. The maximum Gasteiger partial charge on any atom is 0.294 e. The van der Waals surface area contributed by atoms with E-state index in [1.165, 1.54) is 17.4 Å². The van der Waals surface area contributed by atoms with E-state index >= 15 is 0 Å². The third-order valence-electron chi connectivity index (χ3n) is 5.19. The van der Waals surface area contributed by atoms with Gasteiger partial charge in [0.05, 0.1) is 37.5 Å². The Morgan fingerprint density at radius 2 is 2.10 bits per heavy atom. The molecule has 0 radical (unpaired) electrons. The number of nitro groups is 1. The van der Waals surface area contributed by atoms with Crippen LogP contribution in [0, 0.1) is 10.1 Å². The van der Waals surface area contributed by atoms with Crippen LogP contribution in [0.15, 0.2) is 52.8 Å². The molecule has 8 nitrogen and oxygen atoms in total. The van der Waals surface area contributed by atoms with Crippen molar-refractivity contribution in [2.75, 3.05) is 20.8 Å². The molecule has 0 bridgehead atoms. The van der Waals surface area contributed by atoms with Gasteiger partial charge in [-0.2, -0.15) is 0 Å². The van der Waals surface area contributed by atoms with E-state index in [1.54, 1.807) is 32.4 Å². The van der Waals surface area contributed by atoms with Crippen molar-refractivity contribution >= 4 is 22.7 Å². The predicted octanol–water partition coefficient (Wildman–Crippen LogP) is 4.55. The highest BCUT2D eigenvalue weighted by molar-refractivity contribution is 7.07. The highest BCUT2D eigenvalue weighted by Gasteiger charge is 2.21. The van der Waals surface area contributed by atoms with Crippen LogP contribution in [0.25, 0.3) is 11.3 Å². The van der Waals surface area contributed by atoms with Crippen LogP contribution >= 0.6 is 11.3 Å². The van der Waals surface area contributed by atoms with E-state index in [-0.39, 0.29) is 11.8 Å². The van der Waals surface area contributed by atoms with Crippen LogP contribution in [0.3, 0.4) is 0 Å². The smallest absolute Gasteiger partial charge is 0.294 e. The number of nitro benzene ring substituents is 1. The summed E-state index contributed by atoms with van der Waals surface area (Å²) in [6.45, 7) is 1.35. The maximum absolute atomic E-state index is 11.4. The molecule has 0 N–H and O–H groups in total. The average Bonchev–Trinajstić information content (AvgIpc) is 3.44. The molecule has 1 atom stereocenters. The van der Waals surface area contributed by atoms with E-state index < -0.39 is 4.92 Å². The first-order valence-corrected chi connectivity index (χ1v) is 10.8. The van der Waals surface area contributed by atoms with Gasteiger partial charge in [0.2, 0.25) is 0 Å². The van der Waals surface area contributed by atoms with Gasteiger partial charge in [0.25, 0.3) is 5.69 Å². The van der Waals surface area contributed by atoms with Gasteiger partial charge < -0.3 is 18.8 Å². The van der Waals surface area contributed by atoms with E-state index in [1.807, 2.05) is 23.6 Å². The molecule has 162 valence electrons. The molecule has 9 heteroatoms. The topological polar surface area (TPSA) is 88.1 Å². The lowest BCUT2D eigenvalue weighted by Crippen LogP contribution is -2.24. The van der Waals surface area contributed by atoms with Gasteiger partial charge in [-0.25, -0.2) is 4.99 Å². The first-order valence-electron chi connectivity index (χ1n) is 9.91. The van der Waals surface area contributed by atoms with E-state index in [2.05, 4.69) is 9.56 Å². The number of para-hydroxylation sites is 2. The first-order chi connectivity index (χ1) is 15.1. The predicted molar refractivity (Wildman–Crippen MR) is 118 cm³/mol. The summed E-state index contributed by atoms with van der Waals surface area (Å²) in [5.41, 5.74) is 2.10. The van der Waals surface area contributed by atoms with Gasteiger partial charge in [0.15, 0.2) is 4.80 Å². The van der Waals surface area contributed by atoms with E-state index in [0.29, 0.717) is 28.5 Å². The number of thiazole rings is 1. The monoisotopic (exact) mass is 441 g/mol. The Bertz CT molecular complexity index is 1150. The lowest BCUT2D eigenvalue weighted by molar-refractivity contribution is -0.384. The normalized spacial score (nSPS) is 16.5. The Morgan fingerprint density at radius 3 is 2.81 bits per heavy atom. The molecule has 3 aromatic rings. The second kappa shape index (κ2) is 9.32. The molecule has 1 saturated heterocycles. The van der Waals surface area contributed by atoms with Crippen LogP contribution < -0.4 is 14.3 Å². The van der Waals surface area contributed by atoms with Crippen LogP contribution in [-0.4, -0.2) is 36.4 Å². The number of methoxy groups -OCH3 is 2. The summed E-state index contributed by atoms with van der Waals surface area (Å²) >= 11 is 1.43. The molecule has 2 aromatic carbocycles. The molecule has 0 amide bonds. The molecule has 1 fully saturated rings. The molecule has 0 aliphatic carbocycles. The van der Waals surface area contributed by atoms with E-state index in [9.17, 15) is 10.1 Å². The fourth-order valence-electron chi connectivity index (χ4n) is 3.63. The quantitative estimate of drug-likeness (QED) is 0.396. The second-order valence-corrected chi connectivity index (χ2v) is 7.91. The molecule has 0 saturated carbocycles. The summed E-state index contributed by atoms with van der Waals surface area (Å²) in [5, 5.41) is 13.4. The standard InChI is InChI=1S/C22H23N3O5S/c1-28-15-9-10-17(21(12-15)29-2)20-14-31-22(24(20)13-16-6-5-11-30-16)23-18-7-3-4-8-19(18)25(26)27/h3-4,7-10,12,14,16H,5-6,11,13H2,1-2H3. The van der Waals surface area contributed by atoms with Gasteiger partial charge in [-0.15, -0.1) is 11.3 Å². The summed E-state index contributed by atoms with van der Waals surface area (Å²) < 4.78 is 18.8. The van der Waals surface area contributed by atoms with Crippen LogP contribution in [0.4, 0.5) is 11.4 Å². The van der Waals surface area contributed by atoms with Gasteiger partial charge in [-0.05, 0) is 31.0 Å². The number of aromatic nitrogens is 1. The van der Waals surface area contributed by atoms with Crippen LogP contribution in [-0.2, 0) is 11.3 Å². The van der Waals surface area contributed by atoms with Crippen molar-refractivity contribution in [3.8, 4) is 22.8 Å². The zero-order chi connectivity index (χ0) is 21.8. The Balaban J connectivity index is 1.87. The van der Waals surface area contributed by atoms with Crippen molar-refractivity contribution in [2.24, 2.45) is 4.99 Å². The third-order valence-corrected chi connectivity index (χ3v) is 6.05. The van der Waals surface area contributed by atoms with Crippen molar-refractivity contribution in [2.45, 2.75) is 25.5 Å². The molecule has 2 heterocycles. The molecular formula is C22H23N3O5S. The SMILES string of the molecule is COc1ccc(-c2csc(=Nc3ccccc3[N+](=O)[O-])n2CC2CCCO2)c(OC)c1. The number of benzene rings is 2. The highest BCUT2D eigenvalue weighted by Crippen LogP contribution is 2.34. The number of rotatable bonds is 7. The van der Waals surface area contributed by atoms with Crippen LogP contribution in [0.2, 0.25) is 0 Å². The van der Waals surface area contributed by atoms with Crippen molar-refractivity contribution in [3.63, 3.8) is 0 Å². The van der Waals surface area contributed by atoms with Crippen molar-refractivity contribution in [3.05, 3.63) is 62.8 Å². The molecule has 0 spiro atoms. The zero-order valence-corrected chi connectivity index (χ0v) is 18.1. The minimum Gasteiger partial charge on any atom is -0.497 e. The van der Waals surface area contributed by atoms with Gasteiger partial charge in [0.1, 0.15) is 17.2 Å². The lowest BCUT2D eigenvalue weighted by atomic mass is 10.1. The molecule has 1 aliphatic heterocycles. The van der Waals surface area contributed by atoms with Crippen molar-refractivity contribution in [1.29, 1.82) is 0 Å². The summed E-state index contributed by atoms with van der Waals surface area (Å²) in [4.78, 5) is 16.4. The molecule has 31 heavy (non-hydrogen) atoms. The largest absolute Gasteiger partial charge is 0.497 e.